The van der Waals surface area contributed by atoms with Crippen LogP contribution in [0.15, 0.2) is 59.6 Å². The van der Waals surface area contributed by atoms with Gasteiger partial charge in [0.15, 0.2) is 5.96 Å². The lowest BCUT2D eigenvalue weighted by molar-refractivity contribution is 0.0617. The number of rotatable bonds is 6. The van der Waals surface area contributed by atoms with E-state index in [-0.39, 0.29) is 24.0 Å². The fourth-order valence-electron chi connectivity index (χ4n) is 2.26. The molecule has 4 nitrogen and oxygen atoms in total. The summed E-state index contributed by atoms with van der Waals surface area (Å²) < 4.78 is 0. The molecule has 0 aromatic heterocycles. The number of benzene rings is 2. The Labute approximate surface area is 171 Å². The lowest BCUT2D eigenvalue weighted by atomic mass is 9.96. The van der Waals surface area contributed by atoms with Crippen LogP contribution in [0.25, 0.3) is 0 Å². The zero-order valence-corrected chi connectivity index (χ0v) is 17.6. The first-order valence-corrected chi connectivity index (χ1v) is 8.43. The summed E-state index contributed by atoms with van der Waals surface area (Å²) in [5.74, 6) is 0.670. The number of aliphatic hydroxyl groups is 1. The number of hydrogen-bond acceptors (Lipinski definition) is 2. The van der Waals surface area contributed by atoms with Gasteiger partial charge in [-0.2, -0.15) is 0 Å². The quantitative estimate of drug-likeness (QED) is 0.339. The molecule has 0 bridgehead atoms. The van der Waals surface area contributed by atoms with Crippen LogP contribution in [-0.2, 0) is 12.1 Å². The Morgan fingerprint density at radius 2 is 1.72 bits per heavy atom. The van der Waals surface area contributed by atoms with Crippen molar-refractivity contribution in [2.75, 3.05) is 13.1 Å². The van der Waals surface area contributed by atoms with Gasteiger partial charge in [0.2, 0.25) is 0 Å². The van der Waals surface area contributed by atoms with Gasteiger partial charge in [0.25, 0.3) is 0 Å². The fraction of sp³-hybridized carbons (Fsp3) is 0.316. The molecule has 1 unspecified atom stereocenters. The predicted octanol–water partition coefficient (Wildman–Crippen LogP) is 3.92. The molecule has 1 atom stereocenters. The molecule has 2 aromatic carbocycles. The van der Waals surface area contributed by atoms with Crippen molar-refractivity contribution in [3.05, 3.63) is 70.7 Å². The number of halogens is 2. The maximum atomic E-state index is 10.7. The number of aliphatic imine (C=N–C) groups is 1. The van der Waals surface area contributed by atoms with Gasteiger partial charge in [0.1, 0.15) is 5.60 Å². The minimum absolute atomic E-state index is 0. The standard InChI is InChI=1S/C19H24ClN3O.HI/c1-3-21-18(22-13-15-9-11-17(20)12-10-15)23-14-19(2,24)16-7-5-4-6-8-16;/h4-12,24H,3,13-14H2,1-2H3,(H2,21,22,23);1H. The largest absolute Gasteiger partial charge is 0.384 e. The van der Waals surface area contributed by atoms with Crippen LogP contribution in [0.2, 0.25) is 5.02 Å². The number of nitrogens with zero attached hydrogens (tertiary/aromatic N) is 1. The first kappa shape index (κ1) is 21.7. The van der Waals surface area contributed by atoms with E-state index in [1.807, 2.05) is 61.5 Å². The van der Waals surface area contributed by atoms with Crippen LogP contribution in [-0.4, -0.2) is 24.2 Å². The molecule has 0 spiro atoms. The van der Waals surface area contributed by atoms with E-state index in [1.165, 1.54) is 0 Å². The molecule has 6 heteroatoms. The highest BCUT2D eigenvalue weighted by atomic mass is 127. The van der Waals surface area contributed by atoms with E-state index in [1.54, 1.807) is 6.92 Å². The first-order chi connectivity index (χ1) is 11.5. The van der Waals surface area contributed by atoms with Crippen molar-refractivity contribution in [1.29, 1.82) is 0 Å². The highest BCUT2D eigenvalue weighted by molar-refractivity contribution is 14.0. The summed E-state index contributed by atoms with van der Waals surface area (Å²) in [5.41, 5.74) is 0.968. The maximum Gasteiger partial charge on any atom is 0.191 e. The lowest BCUT2D eigenvalue weighted by Gasteiger charge is -2.25. The lowest BCUT2D eigenvalue weighted by Crippen LogP contribution is -2.44. The molecule has 0 aliphatic heterocycles. The van der Waals surface area contributed by atoms with E-state index in [2.05, 4.69) is 15.6 Å². The van der Waals surface area contributed by atoms with Gasteiger partial charge in [-0.1, -0.05) is 54.1 Å². The highest BCUT2D eigenvalue weighted by Gasteiger charge is 2.22. The van der Waals surface area contributed by atoms with E-state index in [0.29, 0.717) is 24.1 Å². The normalized spacial score (nSPS) is 13.5. The summed E-state index contributed by atoms with van der Waals surface area (Å²) in [5, 5.41) is 17.8. The van der Waals surface area contributed by atoms with E-state index in [4.69, 9.17) is 11.6 Å². The van der Waals surface area contributed by atoms with Crippen molar-refractivity contribution in [2.45, 2.75) is 26.0 Å². The number of nitrogens with one attached hydrogen (secondary N) is 2. The van der Waals surface area contributed by atoms with Crippen molar-refractivity contribution < 1.29 is 5.11 Å². The van der Waals surface area contributed by atoms with E-state index in [9.17, 15) is 5.11 Å². The zero-order valence-electron chi connectivity index (χ0n) is 14.5. The van der Waals surface area contributed by atoms with Crippen LogP contribution in [0.4, 0.5) is 0 Å². The molecular formula is C19H25ClIN3O. The van der Waals surface area contributed by atoms with Crippen LogP contribution >= 0.6 is 35.6 Å². The molecule has 0 aliphatic carbocycles. The summed E-state index contributed by atoms with van der Waals surface area (Å²) in [7, 11) is 0. The second-order valence-corrected chi connectivity index (χ2v) is 6.25. The summed E-state index contributed by atoms with van der Waals surface area (Å²) in [4.78, 5) is 4.55. The highest BCUT2D eigenvalue weighted by Crippen LogP contribution is 2.18. The third-order valence-electron chi connectivity index (χ3n) is 3.67. The Bertz CT molecular complexity index is 660. The van der Waals surface area contributed by atoms with Gasteiger partial charge in [-0.25, -0.2) is 4.99 Å². The molecule has 0 radical (unpaired) electrons. The molecule has 0 amide bonds. The van der Waals surface area contributed by atoms with Crippen LogP contribution < -0.4 is 10.6 Å². The summed E-state index contributed by atoms with van der Waals surface area (Å²) in [6, 6.07) is 17.2. The predicted molar refractivity (Wildman–Crippen MR) is 116 cm³/mol. The molecule has 2 rings (SSSR count). The molecule has 25 heavy (non-hydrogen) atoms. The van der Waals surface area contributed by atoms with Gasteiger partial charge in [-0.3, -0.25) is 0 Å². The average molecular weight is 474 g/mol. The second-order valence-electron chi connectivity index (χ2n) is 5.82. The van der Waals surface area contributed by atoms with Crippen molar-refractivity contribution in [3.63, 3.8) is 0 Å². The molecule has 2 aromatic rings. The molecule has 0 heterocycles. The topological polar surface area (TPSA) is 56.7 Å². The van der Waals surface area contributed by atoms with Crippen LogP contribution in [0, 0.1) is 0 Å². The fourth-order valence-corrected chi connectivity index (χ4v) is 2.38. The monoisotopic (exact) mass is 473 g/mol. The smallest absolute Gasteiger partial charge is 0.191 e. The summed E-state index contributed by atoms with van der Waals surface area (Å²) in [6.45, 7) is 5.45. The minimum Gasteiger partial charge on any atom is -0.384 e. The zero-order chi connectivity index (χ0) is 17.4. The van der Waals surface area contributed by atoms with Gasteiger partial charge >= 0.3 is 0 Å². The number of hydrogen-bond donors (Lipinski definition) is 3. The Balaban J connectivity index is 0.00000312. The van der Waals surface area contributed by atoms with Crippen molar-refractivity contribution in [3.8, 4) is 0 Å². The second kappa shape index (κ2) is 10.6. The van der Waals surface area contributed by atoms with Crippen LogP contribution in [0.3, 0.4) is 0 Å². The maximum absolute atomic E-state index is 10.7. The van der Waals surface area contributed by atoms with Gasteiger partial charge < -0.3 is 15.7 Å². The molecular weight excluding hydrogens is 449 g/mol. The Kier molecular flexibility index (Phi) is 9.24. The van der Waals surface area contributed by atoms with Gasteiger partial charge in [0, 0.05) is 11.6 Å². The van der Waals surface area contributed by atoms with Gasteiger partial charge in [0.05, 0.1) is 13.1 Å². The third-order valence-corrected chi connectivity index (χ3v) is 3.92. The van der Waals surface area contributed by atoms with Crippen LogP contribution in [0.5, 0.6) is 0 Å². The Hall–Kier alpha value is -1.31. The molecule has 3 N–H and O–H groups in total. The van der Waals surface area contributed by atoms with E-state index >= 15 is 0 Å². The number of guanidine groups is 1. The van der Waals surface area contributed by atoms with Crippen molar-refractivity contribution >= 4 is 41.5 Å². The SMILES string of the molecule is CCNC(=NCc1ccc(Cl)cc1)NCC(C)(O)c1ccccc1.I. The average Bonchev–Trinajstić information content (AvgIpc) is 2.59. The molecule has 0 saturated heterocycles. The van der Waals surface area contributed by atoms with Gasteiger partial charge in [-0.15, -0.1) is 24.0 Å². The minimum atomic E-state index is -0.974. The molecule has 0 saturated carbocycles. The molecule has 136 valence electrons. The third kappa shape index (κ3) is 7.22. The molecule has 0 fully saturated rings. The molecule has 0 aliphatic rings. The van der Waals surface area contributed by atoms with Crippen molar-refractivity contribution in [2.24, 2.45) is 4.99 Å². The van der Waals surface area contributed by atoms with E-state index in [0.717, 1.165) is 17.7 Å². The Morgan fingerprint density at radius 1 is 1.08 bits per heavy atom. The van der Waals surface area contributed by atoms with E-state index < -0.39 is 5.60 Å². The summed E-state index contributed by atoms with van der Waals surface area (Å²) >= 11 is 5.89. The summed E-state index contributed by atoms with van der Waals surface area (Å²) in [6.07, 6.45) is 0. The first-order valence-electron chi connectivity index (χ1n) is 8.06. The van der Waals surface area contributed by atoms with Gasteiger partial charge in [-0.05, 0) is 37.1 Å². The Morgan fingerprint density at radius 3 is 2.32 bits per heavy atom. The van der Waals surface area contributed by atoms with Crippen molar-refractivity contribution in [1.82, 2.24) is 10.6 Å². The van der Waals surface area contributed by atoms with Crippen LogP contribution in [0.1, 0.15) is 25.0 Å².